The standard InChI is InChI=1S/C18H19ClN4O/c1-21-11-14(16-4-2-3-5-17(16)21)6-18(24)22-8-13(9-22)10-23-12-15(19)7-20-23/h2-5,7,11-13H,6,8-10H2,1H3. The summed E-state index contributed by atoms with van der Waals surface area (Å²) in [4.78, 5) is 14.5. The predicted octanol–water partition coefficient (Wildman–Crippen LogP) is 2.73. The van der Waals surface area contributed by atoms with Crippen molar-refractivity contribution in [1.29, 1.82) is 0 Å². The van der Waals surface area contributed by atoms with E-state index in [1.165, 1.54) is 0 Å². The van der Waals surface area contributed by atoms with Gasteiger partial charge in [-0.15, -0.1) is 0 Å². The van der Waals surface area contributed by atoms with Gasteiger partial charge in [0.2, 0.25) is 5.91 Å². The van der Waals surface area contributed by atoms with Crippen LogP contribution in [0.2, 0.25) is 5.02 Å². The van der Waals surface area contributed by atoms with Gasteiger partial charge < -0.3 is 9.47 Å². The molecule has 0 radical (unpaired) electrons. The number of aryl methyl sites for hydroxylation is 1. The number of likely N-dealkylation sites (tertiary alicyclic amines) is 1. The third-order valence-corrected chi connectivity index (χ3v) is 4.87. The third kappa shape index (κ3) is 2.80. The van der Waals surface area contributed by atoms with Crippen molar-refractivity contribution >= 4 is 28.4 Å². The molecule has 1 aliphatic heterocycles. The smallest absolute Gasteiger partial charge is 0.227 e. The van der Waals surface area contributed by atoms with Crippen molar-refractivity contribution < 1.29 is 4.79 Å². The van der Waals surface area contributed by atoms with Crippen LogP contribution in [0.4, 0.5) is 0 Å². The van der Waals surface area contributed by atoms with Gasteiger partial charge >= 0.3 is 0 Å². The maximum absolute atomic E-state index is 12.5. The van der Waals surface area contributed by atoms with Gasteiger partial charge in [-0.1, -0.05) is 29.8 Å². The van der Waals surface area contributed by atoms with E-state index in [0.29, 0.717) is 17.4 Å². The number of rotatable bonds is 4. The van der Waals surface area contributed by atoms with Crippen LogP contribution in [0.5, 0.6) is 0 Å². The Hall–Kier alpha value is -2.27. The lowest BCUT2D eigenvalue weighted by atomic mass is 9.99. The Balaban J connectivity index is 1.37. The minimum Gasteiger partial charge on any atom is -0.350 e. The Morgan fingerprint density at radius 2 is 2.08 bits per heavy atom. The summed E-state index contributed by atoms with van der Waals surface area (Å²) in [5.41, 5.74) is 2.26. The van der Waals surface area contributed by atoms with Crippen LogP contribution in [0.15, 0.2) is 42.9 Å². The molecule has 0 aliphatic carbocycles. The monoisotopic (exact) mass is 342 g/mol. The maximum atomic E-state index is 12.5. The average molecular weight is 343 g/mol. The minimum atomic E-state index is 0.195. The first-order valence-corrected chi connectivity index (χ1v) is 8.46. The SMILES string of the molecule is Cn1cc(CC(=O)N2CC(Cn3cc(Cl)cn3)C2)c2ccccc21. The quantitative estimate of drug-likeness (QED) is 0.731. The van der Waals surface area contributed by atoms with Crippen LogP contribution < -0.4 is 0 Å². The molecular weight excluding hydrogens is 324 g/mol. The van der Waals surface area contributed by atoms with Crippen LogP contribution in [0, 0.1) is 5.92 Å². The first-order chi connectivity index (χ1) is 11.6. The van der Waals surface area contributed by atoms with E-state index in [1.54, 1.807) is 6.20 Å². The Bertz CT molecular complexity index is 891. The normalized spacial score (nSPS) is 15.0. The number of carbonyl (C=O) groups is 1. The molecule has 1 fully saturated rings. The second-order valence-corrected chi connectivity index (χ2v) is 6.94. The Morgan fingerprint density at radius 3 is 2.83 bits per heavy atom. The molecule has 0 spiro atoms. The molecule has 2 aromatic heterocycles. The molecule has 0 unspecified atom stereocenters. The summed E-state index contributed by atoms with van der Waals surface area (Å²) in [7, 11) is 2.02. The van der Waals surface area contributed by atoms with E-state index in [0.717, 1.165) is 36.1 Å². The van der Waals surface area contributed by atoms with E-state index in [1.807, 2.05) is 35.0 Å². The van der Waals surface area contributed by atoms with Crippen LogP contribution in [0.3, 0.4) is 0 Å². The van der Waals surface area contributed by atoms with Crippen LogP contribution in [0.25, 0.3) is 10.9 Å². The lowest BCUT2D eigenvalue weighted by Crippen LogP contribution is -2.51. The van der Waals surface area contributed by atoms with Crippen molar-refractivity contribution in [3.63, 3.8) is 0 Å². The Kier molecular flexibility index (Phi) is 3.81. The molecule has 1 amide bonds. The molecule has 24 heavy (non-hydrogen) atoms. The highest BCUT2D eigenvalue weighted by atomic mass is 35.5. The molecule has 124 valence electrons. The maximum Gasteiger partial charge on any atom is 0.227 e. The van der Waals surface area contributed by atoms with E-state index in [2.05, 4.69) is 28.0 Å². The number of amides is 1. The Morgan fingerprint density at radius 1 is 1.29 bits per heavy atom. The van der Waals surface area contributed by atoms with E-state index in [-0.39, 0.29) is 5.91 Å². The number of para-hydroxylation sites is 1. The van der Waals surface area contributed by atoms with E-state index in [9.17, 15) is 4.79 Å². The highest BCUT2D eigenvalue weighted by Crippen LogP contribution is 2.24. The summed E-state index contributed by atoms with van der Waals surface area (Å²) in [5, 5.41) is 6.01. The van der Waals surface area contributed by atoms with E-state index >= 15 is 0 Å². The fourth-order valence-electron chi connectivity index (χ4n) is 3.43. The lowest BCUT2D eigenvalue weighted by Gasteiger charge is -2.39. The number of aromatic nitrogens is 3. The number of hydrogen-bond acceptors (Lipinski definition) is 2. The predicted molar refractivity (Wildman–Crippen MR) is 93.9 cm³/mol. The second kappa shape index (κ2) is 5.98. The summed E-state index contributed by atoms with van der Waals surface area (Å²) in [5.74, 6) is 0.651. The minimum absolute atomic E-state index is 0.195. The van der Waals surface area contributed by atoms with Gasteiger partial charge in [-0.2, -0.15) is 5.10 Å². The van der Waals surface area contributed by atoms with Crippen LogP contribution in [-0.2, 0) is 24.8 Å². The molecule has 1 saturated heterocycles. The van der Waals surface area contributed by atoms with E-state index in [4.69, 9.17) is 11.6 Å². The van der Waals surface area contributed by atoms with Crippen molar-refractivity contribution in [3.8, 4) is 0 Å². The van der Waals surface area contributed by atoms with Crippen LogP contribution in [-0.4, -0.2) is 38.2 Å². The molecule has 3 aromatic rings. The van der Waals surface area contributed by atoms with Crippen molar-refractivity contribution in [2.24, 2.45) is 13.0 Å². The zero-order valence-electron chi connectivity index (χ0n) is 13.5. The summed E-state index contributed by atoms with van der Waals surface area (Å²) >= 11 is 5.87. The Labute approximate surface area is 145 Å². The molecule has 5 nitrogen and oxygen atoms in total. The zero-order chi connectivity index (χ0) is 16.7. The fraction of sp³-hybridized carbons (Fsp3) is 0.333. The van der Waals surface area contributed by atoms with Gasteiger partial charge in [0.25, 0.3) is 0 Å². The van der Waals surface area contributed by atoms with Gasteiger partial charge in [0, 0.05) is 55.9 Å². The number of carbonyl (C=O) groups excluding carboxylic acids is 1. The van der Waals surface area contributed by atoms with Gasteiger partial charge in [-0.05, 0) is 11.6 Å². The summed E-state index contributed by atoms with van der Waals surface area (Å²) in [6.07, 6.45) is 5.99. The van der Waals surface area contributed by atoms with Gasteiger partial charge in [-0.3, -0.25) is 9.48 Å². The highest BCUT2D eigenvalue weighted by molar-refractivity contribution is 6.30. The molecule has 4 rings (SSSR count). The molecule has 3 heterocycles. The summed E-state index contributed by atoms with van der Waals surface area (Å²) < 4.78 is 3.93. The zero-order valence-corrected chi connectivity index (χ0v) is 14.3. The fourth-order valence-corrected chi connectivity index (χ4v) is 3.59. The van der Waals surface area contributed by atoms with Crippen LogP contribution in [0.1, 0.15) is 5.56 Å². The molecular formula is C18H19ClN4O. The number of hydrogen-bond donors (Lipinski definition) is 0. The second-order valence-electron chi connectivity index (χ2n) is 6.50. The van der Waals surface area contributed by atoms with Crippen molar-refractivity contribution in [2.75, 3.05) is 13.1 Å². The number of halogens is 1. The van der Waals surface area contributed by atoms with Crippen molar-refractivity contribution in [1.82, 2.24) is 19.2 Å². The van der Waals surface area contributed by atoms with Gasteiger partial charge in [0.05, 0.1) is 17.6 Å². The first-order valence-electron chi connectivity index (χ1n) is 8.09. The van der Waals surface area contributed by atoms with E-state index < -0.39 is 0 Å². The highest BCUT2D eigenvalue weighted by Gasteiger charge is 2.31. The molecule has 0 bridgehead atoms. The van der Waals surface area contributed by atoms with Crippen molar-refractivity contribution in [2.45, 2.75) is 13.0 Å². The average Bonchev–Trinajstić information content (AvgIpc) is 3.07. The van der Waals surface area contributed by atoms with Gasteiger partial charge in [0.1, 0.15) is 0 Å². The van der Waals surface area contributed by atoms with Gasteiger partial charge in [0.15, 0.2) is 0 Å². The molecule has 6 heteroatoms. The summed E-state index contributed by atoms with van der Waals surface area (Å²) in [6, 6.07) is 8.21. The summed E-state index contributed by atoms with van der Waals surface area (Å²) in [6.45, 7) is 2.40. The number of fused-ring (bicyclic) bond motifs is 1. The molecule has 1 aromatic carbocycles. The number of nitrogens with zero attached hydrogens (tertiary/aromatic N) is 4. The topological polar surface area (TPSA) is 43.1 Å². The van der Waals surface area contributed by atoms with Crippen LogP contribution >= 0.6 is 11.6 Å². The largest absolute Gasteiger partial charge is 0.350 e. The molecule has 1 aliphatic rings. The lowest BCUT2D eigenvalue weighted by molar-refractivity contribution is -0.137. The molecule has 0 saturated carbocycles. The van der Waals surface area contributed by atoms with Crippen molar-refractivity contribution in [3.05, 3.63) is 53.4 Å². The molecule has 0 N–H and O–H groups in total. The van der Waals surface area contributed by atoms with Gasteiger partial charge in [-0.25, -0.2) is 0 Å². The molecule has 0 atom stereocenters. The first kappa shape index (κ1) is 15.3. The number of benzene rings is 1. The third-order valence-electron chi connectivity index (χ3n) is 4.68.